The van der Waals surface area contributed by atoms with Crippen molar-refractivity contribution in [2.24, 2.45) is 0 Å². The number of carbonyl (C=O) groups is 1. The van der Waals surface area contributed by atoms with E-state index in [-0.39, 0.29) is 12.1 Å². The molecule has 0 saturated carbocycles. The molecule has 0 bridgehead atoms. The summed E-state index contributed by atoms with van der Waals surface area (Å²) >= 11 is 0. The molecule has 2 N–H and O–H groups in total. The molecule has 0 radical (unpaired) electrons. The van der Waals surface area contributed by atoms with Crippen LogP contribution in [0, 0.1) is 0 Å². The third kappa shape index (κ3) is 4.70. The molecule has 0 aliphatic carbocycles. The van der Waals surface area contributed by atoms with Gasteiger partial charge in [-0.15, -0.1) is 5.10 Å². The van der Waals surface area contributed by atoms with E-state index >= 15 is 0 Å². The lowest BCUT2D eigenvalue weighted by atomic mass is 10.2. The molecule has 0 atom stereocenters. The van der Waals surface area contributed by atoms with Crippen molar-refractivity contribution < 1.29 is 14.3 Å². The minimum Gasteiger partial charge on any atom is -0.489 e. The number of tetrazole rings is 1. The van der Waals surface area contributed by atoms with Gasteiger partial charge in [-0.1, -0.05) is 53.6 Å². The molecule has 9 heteroatoms. The number of anilines is 1. The minimum absolute atomic E-state index is 0.0715. The lowest BCUT2D eigenvalue weighted by Gasteiger charge is -2.13. The lowest BCUT2D eigenvalue weighted by Crippen LogP contribution is -2.19. The van der Waals surface area contributed by atoms with Gasteiger partial charge in [0.1, 0.15) is 12.4 Å². The number of rotatable bonds is 8. The summed E-state index contributed by atoms with van der Waals surface area (Å²) in [6.07, 6.45) is -0.171. The molecule has 9 nitrogen and oxygen atoms in total. The molecule has 1 amide bonds. The summed E-state index contributed by atoms with van der Waals surface area (Å²) in [5, 5.41) is 17.0. The number of para-hydroxylation sites is 1. The average Bonchev–Trinajstić information content (AvgIpc) is 3.49. The first-order valence-corrected chi connectivity index (χ1v) is 11.2. The van der Waals surface area contributed by atoms with Gasteiger partial charge in [0.25, 0.3) is 11.9 Å². The number of aromatic amines is 1. The molecule has 35 heavy (non-hydrogen) atoms. The third-order valence-electron chi connectivity index (χ3n) is 5.29. The van der Waals surface area contributed by atoms with Gasteiger partial charge in [0.05, 0.1) is 11.6 Å². The number of carbonyl (C=O) groups excluding carboxylic acids is 1. The Kier molecular flexibility index (Phi) is 6.13. The van der Waals surface area contributed by atoms with Crippen molar-refractivity contribution in [2.45, 2.75) is 26.6 Å². The number of aromatic nitrogens is 5. The molecule has 3 aromatic carbocycles. The van der Waals surface area contributed by atoms with Crippen LogP contribution in [0.15, 0.2) is 78.9 Å². The second kappa shape index (κ2) is 9.68. The number of H-pyrrole nitrogens is 1. The molecule has 0 unspecified atom stereocenters. The first-order valence-electron chi connectivity index (χ1n) is 11.2. The molecule has 176 valence electrons. The van der Waals surface area contributed by atoms with Crippen LogP contribution in [0.25, 0.3) is 16.6 Å². The summed E-state index contributed by atoms with van der Waals surface area (Å²) in [4.78, 5) is 13.5. The zero-order valence-corrected chi connectivity index (χ0v) is 19.3. The van der Waals surface area contributed by atoms with Crippen LogP contribution >= 0.6 is 0 Å². The quantitative estimate of drug-likeness (QED) is 0.340. The molecule has 2 aromatic heterocycles. The number of nitrogens with one attached hydrogen (secondary N) is 2. The predicted octanol–water partition coefficient (Wildman–Crippen LogP) is 4.76. The Hall–Kier alpha value is -4.66. The van der Waals surface area contributed by atoms with Crippen LogP contribution in [0.5, 0.6) is 11.5 Å². The van der Waals surface area contributed by atoms with Gasteiger partial charge in [0.2, 0.25) is 0 Å². The first kappa shape index (κ1) is 22.1. The van der Waals surface area contributed by atoms with Gasteiger partial charge >= 0.3 is 0 Å². The van der Waals surface area contributed by atoms with Crippen molar-refractivity contribution in [1.82, 2.24) is 25.2 Å². The van der Waals surface area contributed by atoms with E-state index in [2.05, 4.69) is 25.9 Å². The molecule has 0 aliphatic heterocycles. The summed E-state index contributed by atoms with van der Waals surface area (Å²) in [7, 11) is 0. The van der Waals surface area contributed by atoms with E-state index in [1.807, 2.05) is 97.3 Å². The van der Waals surface area contributed by atoms with E-state index in [1.54, 1.807) is 0 Å². The summed E-state index contributed by atoms with van der Waals surface area (Å²) in [5.74, 6) is 0.770. The number of nitrogens with zero attached hydrogens (tertiary/aromatic N) is 4. The van der Waals surface area contributed by atoms with Crippen molar-refractivity contribution in [2.75, 3.05) is 5.32 Å². The molecule has 5 aromatic rings. The van der Waals surface area contributed by atoms with Crippen LogP contribution in [-0.2, 0) is 6.61 Å². The Bertz CT molecular complexity index is 1430. The van der Waals surface area contributed by atoms with E-state index < -0.39 is 5.91 Å². The monoisotopic (exact) mass is 468 g/mol. The fourth-order valence-electron chi connectivity index (χ4n) is 3.85. The van der Waals surface area contributed by atoms with Gasteiger partial charge < -0.3 is 14.0 Å². The first-order chi connectivity index (χ1) is 17.1. The van der Waals surface area contributed by atoms with Crippen molar-refractivity contribution in [1.29, 1.82) is 0 Å². The lowest BCUT2D eigenvalue weighted by molar-refractivity contribution is 0.101. The Labute approximate surface area is 201 Å². The summed E-state index contributed by atoms with van der Waals surface area (Å²) < 4.78 is 14.1. The van der Waals surface area contributed by atoms with E-state index in [4.69, 9.17) is 9.47 Å². The molecule has 0 saturated heterocycles. The number of hydrogen-bond donors (Lipinski definition) is 2. The fraction of sp³-hybridized carbons (Fsp3) is 0.154. The number of fused-ring (bicyclic) bond motifs is 1. The molecule has 0 spiro atoms. The van der Waals surface area contributed by atoms with Crippen LogP contribution in [0.4, 0.5) is 5.95 Å². The fourth-order valence-corrected chi connectivity index (χ4v) is 3.85. The molecule has 5 rings (SSSR count). The highest BCUT2D eigenvalue weighted by Crippen LogP contribution is 2.39. The number of amides is 1. The van der Waals surface area contributed by atoms with Crippen molar-refractivity contribution in [3.05, 3.63) is 90.1 Å². The maximum Gasteiger partial charge on any atom is 0.279 e. The highest BCUT2D eigenvalue weighted by molar-refractivity contribution is 6.10. The van der Waals surface area contributed by atoms with Gasteiger partial charge in [-0.3, -0.25) is 10.1 Å². The minimum atomic E-state index is -0.422. The van der Waals surface area contributed by atoms with E-state index in [0.717, 1.165) is 22.2 Å². The Morgan fingerprint density at radius 2 is 1.77 bits per heavy atom. The zero-order chi connectivity index (χ0) is 24.2. The van der Waals surface area contributed by atoms with Crippen LogP contribution < -0.4 is 14.8 Å². The van der Waals surface area contributed by atoms with E-state index in [0.29, 0.717) is 23.8 Å². The van der Waals surface area contributed by atoms with Crippen LogP contribution in [-0.4, -0.2) is 37.2 Å². The number of ether oxygens (including phenoxy) is 2. The summed E-state index contributed by atoms with van der Waals surface area (Å²) in [5.41, 5.74) is 3.00. The Morgan fingerprint density at radius 1 is 1.03 bits per heavy atom. The van der Waals surface area contributed by atoms with Crippen molar-refractivity contribution in [3.8, 4) is 17.2 Å². The highest BCUT2D eigenvalue weighted by atomic mass is 16.5. The largest absolute Gasteiger partial charge is 0.489 e. The van der Waals surface area contributed by atoms with Crippen LogP contribution in [0.1, 0.15) is 29.9 Å². The van der Waals surface area contributed by atoms with Crippen molar-refractivity contribution >= 4 is 22.8 Å². The maximum absolute atomic E-state index is 13.5. The maximum atomic E-state index is 13.5. The van der Waals surface area contributed by atoms with Gasteiger partial charge in [0.15, 0.2) is 11.4 Å². The van der Waals surface area contributed by atoms with Gasteiger partial charge in [0, 0.05) is 11.1 Å². The highest BCUT2D eigenvalue weighted by Gasteiger charge is 2.27. The summed E-state index contributed by atoms with van der Waals surface area (Å²) in [6.45, 7) is 4.27. The Morgan fingerprint density at radius 3 is 2.46 bits per heavy atom. The Balaban J connectivity index is 1.64. The zero-order valence-electron chi connectivity index (χ0n) is 19.3. The topological polar surface area (TPSA) is 107 Å². The van der Waals surface area contributed by atoms with Gasteiger partial charge in [-0.25, -0.2) is 0 Å². The van der Waals surface area contributed by atoms with E-state index in [1.165, 1.54) is 0 Å². The number of hydrogen-bond acceptors (Lipinski definition) is 6. The van der Waals surface area contributed by atoms with Gasteiger partial charge in [-0.2, -0.15) is 5.21 Å². The van der Waals surface area contributed by atoms with E-state index in [9.17, 15) is 4.79 Å². The predicted molar refractivity (Wildman–Crippen MR) is 132 cm³/mol. The molecular formula is C26H24N6O3. The second-order valence-corrected chi connectivity index (χ2v) is 8.16. The second-order valence-electron chi connectivity index (χ2n) is 8.16. The summed E-state index contributed by atoms with van der Waals surface area (Å²) in [6, 6.07) is 25.3. The average molecular weight is 469 g/mol. The van der Waals surface area contributed by atoms with Crippen molar-refractivity contribution in [3.63, 3.8) is 0 Å². The normalized spacial score (nSPS) is 11.1. The van der Waals surface area contributed by atoms with Gasteiger partial charge in [-0.05, 0) is 55.0 Å². The number of benzene rings is 3. The molecule has 0 fully saturated rings. The molecular weight excluding hydrogens is 444 g/mol. The third-order valence-corrected chi connectivity index (χ3v) is 5.29. The standard InChI is InChI=1S/C26H24N6O3/c1-17(2)35-24-21-15-20(34-16-18-9-5-3-6-10-18)13-14-22(21)32(19-11-7-4-8-12-19)23(24)25(33)27-26-28-30-31-29-26/h3-15,17H,16H2,1-2H3,(H2,27,28,29,30,31,33). The SMILES string of the molecule is CC(C)Oc1c(C(=O)Nc2nn[nH]n2)n(-c2ccccc2)c2ccc(OCc3ccccc3)cc12. The smallest absolute Gasteiger partial charge is 0.279 e. The van der Waals surface area contributed by atoms with Crippen LogP contribution in [0.3, 0.4) is 0 Å². The molecule has 2 heterocycles. The van der Waals surface area contributed by atoms with Crippen LogP contribution in [0.2, 0.25) is 0 Å². The molecule has 0 aliphatic rings.